The Morgan fingerprint density at radius 3 is 2.94 bits per heavy atom. The fourth-order valence-corrected chi connectivity index (χ4v) is 4.02. The number of benzene rings is 1. The van der Waals surface area contributed by atoms with Crippen LogP contribution in [0.4, 0.5) is 11.4 Å². The summed E-state index contributed by atoms with van der Waals surface area (Å²) in [5, 5.41) is 0. The summed E-state index contributed by atoms with van der Waals surface area (Å²) in [6.07, 6.45) is 5.69. The van der Waals surface area contributed by atoms with Crippen LogP contribution in [-0.2, 0) is 0 Å². The minimum absolute atomic E-state index is 0.891. The first-order valence-electron chi connectivity index (χ1n) is 6.60. The van der Waals surface area contributed by atoms with Gasteiger partial charge in [0.05, 0.1) is 5.69 Å². The number of fused-ring (bicyclic) bond motifs is 1. The number of nitrogen functional groups attached to an aromatic ring is 1. The quantitative estimate of drug-likeness (QED) is 0.814. The average Bonchev–Trinajstić information content (AvgIpc) is 2.83. The Morgan fingerprint density at radius 2 is 2.12 bits per heavy atom. The summed E-state index contributed by atoms with van der Waals surface area (Å²) in [5.41, 5.74) is 8.18. The van der Waals surface area contributed by atoms with E-state index in [-0.39, 0.29) is 0 Å². The van der Waals surface area contributed by atoms with Gasteiger partial charge < -0.3 is 10.6 Å². The van der Waals surface area contributed by atoms with E-state index in [2.05, 4.69) is 17.0 Å². The lowest BCUT2D eigenvalue weighted by Gasteiger charge is -2.33. The molecular weight excluding hydrogens is 228 g/mol. The van der Waals surface area contributed by atoms with E-state index in [0.717, 1.165) is 11.6 Å². The van der Waals surface area contributed by atoms with Crippen LogP contribution in [-0.4, -0.2) is 18.8 Å². The number of thioether (sulfide) groups is 1. The first-order valence-corrected chi connectivity index (χ1v) is 7.59. The van der Waals surface area contributed by atoms with Gasteiger partial charge in [0.25, 0.3) is 0 Å². The summed E-state index contributed by atoms with van der Waals surface area (Å²) in [4.78, 5) is 3.96. The van der Waals surface area contributed by atoms with E-state index in [1.165, 1.54) is 55.1 Å². The van der Waals surface area contributed by atoms with Gasteiger partial charge in [0, 0.05) is 29.4 Å². The SMILES string of the molecule is Nc1ccc2c(c1)N(CC1CCCC1)CCS2. The number of rotatable bonds is 2. The molecule has 3 rings (SSSR count). The molecule has 0 amide bonds. The van der Waals surface area contributed by atoms with Gasteiger partial charge in [0.1, 0.15) is 0 Å². The van der Waals surface area contributed by atoms with Gasteiger partial charge in [0.2, 0.25) is 0 Å². The second kappa shape index (κ2) is 4.81. The molecule has 0 saturated heterocycles. The van der Waals surface area contributed by atoms with E-state index >= 15 is 0 Å². The zero-order valence-corrected chi connectivity index (χ0v) is 11.0. The van der Waals surface area contributed by atoms with Crippen LogP contribution in [0.25, 0.3) is 0 Å². The van der Waals surface area contributed by atoms with Crippen molar-refractivity contribution in [3.05, 3.63) is 18.2 Å². The highest BCUT2D eigenvalue weighted by atomic mass is 32.2. The molecule has 1 fully saturated rings. The highest BCUT2D eigenvalue weighted by Gasteiger charge is 2.22. The smallest absolute Gasteiger partial charge is 0.0525 e. The Balaban J connectivity index is 1.80. The zero-order valence-electron chi connectivity index (χ0n) is 10.2. The molecule has 1 saturated carbocycles. The van der Waals surface area contributed by atoms with Crippen molar-refractivity contribution in [3.8, 4) is 0 Å². The molecule has 0 spiro atoms. The lowest BCUT2D eigenvalue weighted by molar-refractivity contribution is 0.534. The largest absolute Gasteiger partial charge is 0.399 e. The number of anilines is 2. The Bertz CT molecular complexity index is 399. The summed E-state index contributed by atoms with van der Waals surface area (Å²) in [7, 11) is 0. The van der Waals surface area contributed by atoms with Crippen LogP contribution in [0.15, 0.2) is 23.1 Å². The van der Waals surface area contributed by atoms with Crippen LogP contribution >= 0.6 is 11.8 Å². The Kier molecular flexibility index (Phi) is 3.19. The highest BCUT2D eigenvalue weighted by Crippen LogP contribution is 2.37. The fourth-order valence-electron chi connectivity index (χ4n) is 2.98. The molecule has 17 heavy (non-hydrogen) atoms. The predicted molar refractivity (Wildman–Crippen MR) is 75.7 cm³/mol. The van der Waals surface area contributed by atoms with Gasteiger partial charge in [-0.05, 0) is 37.0 Å². The monoisotopic (exact) mass is 248 g/mol. The van der Waals surface area contributed by atoms with E-state index in [1.807, 2.05) is 17.8 Å². The van der Waals surface area contributed by atoms with Gasteiger partial charge >= 0.3 is 0 Å². The summed E-state index contributed by atoms with van der Waals surface area (Å²) in [6, 6.07) is 6.34. The van der Waals surface area contributed by atoms with Crippen molar-refractivity contribution in [3.63, 3.8) is 0 Å². The van der Waals surface area contributed by atoms with Crippen LogP contribution in [0.5, 0.6) is 0 Å². The molecular formula is C14H20N2S. The Morgan fingerprint density at radius 1 is 1.29 bits per heavy atom. The van der Waals surface area contributed by atoms with E-state index in [0.29, 0.717) is 0 Å². The second-order valence-electron chi connectivity index (χ2n) is 5.17. The third-order valence-electron chi connectivity index (χ3n) is 3.90. The molecule has 0 radical (unpaired) electrons. The van der Waals surface area contributed by atoms with Gasteiger partial charge in [-0.3, -0.25) is 0 Å². The topological polar surface area (TPSA) is 29.3 Å². The molecule has 0 unspecified atom stereocenters. The van der Waals surface area contributed by atoms with Crippen molar-refractivity contribution in [2.45, 2.75) is 30.6 Å². The van der Waals surface area contributed by atoms with E-state index < -0.39 is 0 Å². The summed E-state index contributed by atoms with van der Waals surface area (Å²) < 4.78 is 0. The maximum atomic E-state index is 5.92. The van der Waals surface area contributed by atoms with Crippen LogP contribution in [0.2, 0.25) is 0 Å². The predicted octanol–water partition coefficient (Wildman–Crippen LogP) is 3.37. The molecule has 0 bridgehead atoms. The van der Waals surface area contributed by atoms with Crippen molar-refractivity contribution in [2.24, 2.45) is 5.92 Å². The number of hydrogen-bond acceptors (Lipinski definition) is 3. The van der Waals surface area contributed by atoms with Gasteiger partial charge in [-0.25, -0.2) is 0 Å². The molecule has 1 aromatic rings. The fraction of sp³-hybridized carbons (Fsp3) is 0.571. The number of nitrogens with two attached hydrogens (primary N) is 1. The second-order valence-corrected chi connectivity index (χ2v) is 6.31. The van der Waals surface area contributed by atoms with Crippen molar-refractivity contribution in [1.29, 1.82) is 0 Å². The van der Waals surface area contributed by atoms with Crippen molar-refractivity contribution < 1.29 is 0 Å². The van der Waals surface area contributed by atoms with Crippen molar-refractivity contribution >= 4 is 23.1 Å². The van der Waals surface area contributed by atoms with Crippen LogP contribution in [0, 0.1) is 5.92 Å². The molecule has 2 nitrogen and oxygen atoms in total. The molecule has 3 heteroatoms. The standard InChI is InChI=1S/C14H20N2S/c15-12-5-6-14-13(9-12)16(7-8-17-14)10-11-3-1-2-4-11/h5-6,9,11H,1-4,7-8,10,15H2. The zero-order chi connectivity index (χ0) is 11.7. The molecule has 0 aromatic heterocycles. The summed E-state index contributed by atoms with van der Waals surface area (Å²) >= 11 is 1.96. The van der Waals surface area contributed by atoms with Gasteiger partial charge in [0.15, 0.2) is 0 Å². The van der Waals surface area contributed by atoms with Gasteiger partial charge in [-0.1, -0.05) is 12.8 Å². The first kappa shape index (κ1) is 11.3. The molecule has 1 aliphatic heterocycles. The van der Waals surface area contributed by atoms with Crippen LogP contribution in [0.1, 0.15) is 25.7 Å². The van der Waals surface area contributed by atoms with Crippen LogP contribution in [0.3, 0.4) is 0 Å². The van der Waals surface area contributed by atoms with Gasteiger partial charge in [-0.2, -0.15) is 0 Å². The maximum absolute atomic E-state index is 5.92. The Labute approximate surface area is 108 Å². The third kappa shape index (κ3) is 2.39. The molecule has 2 N–H and O–H groups in total. The number of hydrogen-bond donors (Lipinski definition) is 1. The van der Waals surface area contributed by atoms with Gasteiger partial charge in [-0.15, -0.1) is 11.8 Å². The van der Waals surface area contributed by atoms with E-state index in [9.17, 15) is 0 Å². The molecule has 2 aliphatic rings. The summed E-state index contributed by atoms with van der Waals surface area (Å²) in [6.45, 7) is 2.41. The molecule has 92 valence electrons. The van der Waals surface area contributed by atoms with Crippen molar-refractivity contribution in [2.75, 3.05) is 29.5 Å². The Hall–Kier alpha value is -0.830. The molecule has 0 atom stereocenters. The lowest BCUT2D eigenvalue weighted by Crippen LogP contribution is -2.33. The number of nitrogens with zero attached hydrogens (tertiary/aromatic N) is 1. The molecule has 1 heterocycles. The average molecular weight is 248 g/mol. The third-order valence-corrected chi connectivity index (χ3v) is 4.94. The minimum atomic E-state index is 0.891. The normalized spacial score (nSPS) is 20.6. The molecule has 1 aromatic carbocycles. The lowest BCUT2D eigenvalue weighted by atomic mass is 10.1. The van der Waals surface area contributed by atoms with E-state index in [4.69, 9.17) is 5.73 Å². The first-order chi connectivity index (χ1) is 8.33. The van der Waals surface area contributed by atoms with E-state index in [1.54, 1.807) is 0 Å². The summed E-state index contributed by atoms with van der Waals surface area (Å²) in [5.74, 6) is 2.12. The van der Waals surface area contributed by atoms with Crippen LogP contribution < -0.4 is 10.6 Å². The maximum Gasteiger partial charge on any atom is 0.0525 e. The van der Waals surface area contributed by atoms with Crippen molar-refractivity contribution in [1.82, 2.24) is 0 Å². The highest BCUT2D eigenvalue weighted by molar-refractivity contribution is 7.99. The molecule has 1 aliphatic carbocycles. The minimum Gasteiger partial charge on any atom is -0.399 e.